The first-order valence-electron chi connectivity index (χ1n) is 8.36. The van der Waals surface area contributed by atoms with Crippen molar-refractivity contribution < 1.29 is 9.53 Å². The summed E-state index contributed by atoms with van der Waals surface area (Å²) in [4.78, 5) is 14.8. The minimum atomic E-state index is -0.0846. The van der Waals surface area contributed by atoms with Crippen LogP contribution in [-0.4, -0.2) is 38.3 Å². The van der Waals surface area contributed by atoms with Gasteiger partial charge in [0.1, 0.15) is 0 Å². The zero-order valence-electron chi connectivity index (χ0n) is 13.8. The standard InChI is InChI=1S/C17H26N2O2S.ClH/c1-21-12-17(8-5-9-19-17)11-18-16(20)15-10-13-6-3-2-4-7-14(13)22-15;/h10,19H,2-9,11-12H2,1H3,(H,18,20);1H. The summed E-state index contributed by atoms with van der Waals surface area (Å²) in [5.41, 5.74) is 1.32. The Bertz CT molecular complexity index is 503. The molecule has 6 heteroatoms. The number of nitrogens with one attached hydrogen (secondary N) is 2. The van der Waals surface area contributed by atoms with Gasteiger partial charge in [0, 0.05) is 18.5 Å². The second kappa shape index (κ2) is 8.47. The Balaban J connectivity index is 0.00000192. The summed E-state index contributed by atoms with van der Waals surface area (Å²) in [5.74, 6) is 0.0715. The Labute approximate surface area is 148 Å². The molecular weight excluding hydrogens is 332 g/mol. The Hall–Kier alpha value is -0.620. The Morgan fingerprint density at radius 2 is 2.17 bits per heavy atom. The fourth-order valence-electron chi connectivity index (χ4n) is 3.59. The molecule has 3 rings (SSSR count). The van der Waals surface area contributed by atoms with Gasteiger partial charge in [0.15, 0.2) is 0 Å². The average Bonchev–Trinajstić information content (AvgIpc) is 3.08. The van der Waals surface area contributed by atoms with Crippen molar-refractivity contribution in [2.45, 2.75) is 50.5 Å². The first kappa shape index (κ1) is 18.7. The van der Waals surface area contributed by atoms with Gasteiger partial charge >= 0.3 is 0 Å². The van der Waals surface area contributed by atoms with Crippen molar-refractivity contribution in [3.63, 3.8) is 0 Å². The average molecular weight is 359 g/mol. The van der Waals surface area contributed by atoms with Crippen molar-refractivity contribution in [1.29, 1.82) is 0 Å². The third kappa shape index (κ3) is 4.47. The van der Waals surface area contributed by atoms with Crippen molar-refractivity contribution in [2.24, 2.45) is 0 Å². The van der Waals surface area contributed by atoms with Crippen molar-refractivity contribution in [3.8, 4) is 0 Å². The highest BCUT2D eigenvalue weighted by atomic mass is 35.5. The van der Waals surface area contributed by atoms with Crippen LogP contribution in [0, 0.1) is 0 Å². The molecule has 0 bridgehead atoms. The number of carbonyl (C=O) groups excluding carboxylic acids is 1. The predicted molar refractivity (Wildman–Crippen MR) is 97.0 cm³/mol. The number of halogens is 1. The van der Waals surface area contributed by atoms with Gasteiger partial charge in [-0.15, -0.1) is 23.7 Å². The van der Waals surface area contributed by atoms with E-state index in [-0.39, 0.29) is 23.9 Å². The minimum Gasteiger partial charge on any atom is -0.383 e. The van der Waals surface area contributed by atoms with Crippen molar-refractivity contribution in [2.75, 3.05) is 26.8 Å². The van der Waals surface area contributed by atoms with E-state index in [0.29, 0.717) is 13.2 Å². The lowest BCUT2D eigenvalue weighted by molar-refractivity contribution is 0.0896. The summed E-state index contributed by atoms with van der Waals surface area (Å²) >= 11 is 1.69. The highest BCUT2D eigenvalue weighted by Crippen LogP contribution is 2.29. The van der Waals surface area contributed by atoms with E-state index < -0.39 is 0 Å². The second-order valence-corrected chi connectivity index (χ2v) is 7.68. The molecule has 1 aliphatic carbocycles. The smallest absolute Gasteiger partial charge is 0.261 e. The van der Waals surface area contributed by atoms with Gasteiger partial charge in [-0.05, 0) is 56.7 Å². The number of amides is 1. The van der Waals surface area contributed by atoms with Crippen molar-refractivity contribution >= 4 is 29.7 Å². The van der Waals surface area contributed by atoms with E-state index >= 15 is 0 Å². The summed E-state index contributed by atoms with van der Waals surface area (Å²) < 4.78 is 5.34. The molecule has 1 fully saturated rings. The number of rotatable bonds is 5. The summed E-state index contributed by atoms with van der Waals surface area (Å²) in [6.45, 7) is 2.29. The number of ether oxygens (including phenoxy) is 1. The summed E-state index contributed by atoms with van der Waals surface area (Å²) in [6.07, 6.45) is 8.31. The quantitative estimate of drug-likeness (QED) is 0.796. The van der Waals surface area contributed by atoms with E-state index in [1.54, 1.807) is 18.4 Å². The molecular formula is C17H27ClN2O2S. The number of carbonyl (C=O) groups is 1. The molecule has 2 aliphatic rings. The van der Waals surface area contributed by atoms with Crippen LogP contribution in [0.1, 0.15) is 52.2 Å². The molecule has 0 radical (unpaired) electrons. The van der Waals surface area contributed by atoms with Gasteiger partial charge in [-0.3, -0.25) is 4.79 Å². The predicted octanol–water partition coefficient (Wildman–Crippen LogP) is 2.94. The van der Waals surface area contributed by atoms with Crippen LogP contribution in [0.4, 0.5) is 0 Å². The van der Waals surface area contributed by atoms with E-state index in [2.05, 4.69) is 16.7 Å². The lowest BCUT2D eigenvalue weighted by Gasteiger charge is -2.28. The molecule has 1 aliphatic heterocycles. The molecule has 1 aromatic rings. The highest BCUT2D eigenvalue weighted by molar-refractivity contribution is 7.14. The van der Waals surface area contributed by atoms with Crippen LogP contribution < -0.4 is 10.6 Å². The van der Waals surface area contributed by atoms with Crippen molar-refractivity contribution in [1.82, 2.24) is 10.6 Å². The van der Waals surface area contributed by atoms with E-state index in [1.165, 1.54) is 29.7 Å². The van der Waals surface area contributed by atoms with Crippen LogP contribution in [0.15, 0.2) is 6.07 Å². The fraction of sp³-hybridized carbons (Fsp3) is 0.706. The normalized spacial score (nSPS) is 23.7. The van der Waals surface area contributed by atoms with Gasteiger partial charge in [0.2, 0.25) is 0 Å². The molecule has 1 amide bonds. The molecule has 0 aromatic carbocycles. The van der Waals surface area contributed by atoms with Crippen LogP contribution in [-0.2, 0) is 17.6 Å². The van der Waals surface area contributed by atoms with E-state index in [4.69, 9.17) is 4.74 Å². The largest absolute Gasteiger partial charge is 0.383 e. The fourth-order valence-corrected chi connectivity index (χ4v) is 4.76. The zero-order chi connectivity index (χ0) is 15.4. The zero-order valence-corrected chi connectivity index (χ0v) is 15.4. The first-order valence-corrected chi connectivity index (χ1v) is 9.18. The van der Waals surface area contributed by atoms with Gasteiger partial charge in [-0.25, -0.2) is 0 Å². The lowest BCUT2D eigenvalue weighted by atomic mass is 9.98. The number of methoxy groups -OCH3 is 1. The summed E-state index contributed by atoms with van der Waals surface area (Å²) in [6, 6.07) is 2.12. The number of thiophene rings is 1. The van der Waals surface area contributed by atoms with E-state index in [1.807, 2.05) is 0 Å². The molecule has 0 saturated carbocycles. The molecule has 2 heterocycles. The SMILES string of the molecule is COCC1(CNC(=O)c2cc3c(s2)CCCCC3)CCCN1.Cl. The molecule has 1 saturated heterocycles. The van der Waals surface area contributed by atoms with Crippen LogP contribution in [0.3, 0.4) is 0 Å². The summed E-state index contributed by atoms with van der Waals surface area (Å²) in [7, 11) is 1.72. The van der Waals surface area contributed by atoms with Gasteiger partial charge in [0.25, 0.3) is 5.91 Å². The van der Waals surface area contributed by atoms with Crippen molar-refractivity contribution in [3.05, 3.63) is 21.4 Å². The maximum Gasteiger partial charge on any atom is 0.261 e. The van der Waals surface area contributed by atoms with Crippen LogP contribution in [0.2, 0.25) is 0 Å². The maximum atomic E-state index is 12.5. The van der Waals surface area contributed by atoms with E-state index in [0.717, 1.165) is 37.1 Å². The maximum absolute atomic E-state index is 12.5. The Morgan fingerprint density at radius 1 is 1.35 bits per heavy atom. The Morgan fingerprint density at radius 3 is 2.91 bits per heavy atom. The van der Waals surface area contributed by atoms with Gasteiger partial charge in [-0.1, -0.05) is 6.42 Å². The molecule has 0 spiro atoms. The topological polar surface area (TPSA) is 50.4 Å². The number of aryl methyl sites for hydroxylation is 2. The summed E-state index contributed by atoms with van der Waals surface area (Å²) in [5, 5.41) is 6.62. The first-order chi connectivity index (χ1) is 10.7. The van der Waals surface area contributed by atoms with Gasteiger partial charge in [0.05, 0.1) is 17.0 Å². The van der Waals surface area contributed by atoms with Crippen LogP contribution in [0.5, 0.6) is 0 Å². The lowest BCUT2D eigenvalue weighted by Crippen LogP contribution is -2.52. The van der Waals surface area contributed by atoms with Crippen LogP contribution >= 0.6 is 23.7 Å². The molecule has 23 heavy (non-hydrogen) atoms. The molecule has 2 N–H and O–H groups in total. The molecule has 130 valence electrons. The van der Waals surface area contributed by atoms with Gasteiger partial charge in [-0.2, -0.15) is 0 Å². The highest BCUT2D eigenvalue weighted by Gasteiger charge is 2.34. The van der Waals surface area contributed by atoms with Crippen LogP contribution in [0.25, 0.3) is 0 Å². The minimum absolute atomic E-state index is 0. The van der Waals surface area contributed by atoms with E-state index in [9.17, 15) is 4.79 Å². The number of fused-ring (bicyclic) bond motifs is 1. The second-order valence-electron chi connectivity index (χ2n) is 6.55. The molecule has 4 nitrogen and oxygen atoms in total. The molecule has 1 aromatic heterocycles. The third-order valence-electron chi connectivity index (χ3n) is 4.81. The third-order valence-corrected chi connectivity index (χ3v) is 6.05. The van der Waals surface area contributed by atoms with Gasteiger partial charge < -0.3 is 15.4 Å². The Kier molecular flexibility index (Phi) is 6.89. The molecule has 1 atom stereocenters. The molecule has 1 unspecified atom stereocenters. The monoisotopic (exact) mass is 358 g/mol. The number of hydrogen-bond donors (Lipinski definition) is 2. The number of hydrogen-bond acceptors (Lipinski definition) is 4.